The van der Waals surface area contributed by atoms with Crippen LogP contribution in [0.3, 0.4) is 0 Å². The van der Waals surface area contributed by atoms with Crippen molar-refractivity contribution in [3.05, 3.63) is 0 Å². The van der Waals surface area contributed by atoms with Crippen molar-refractivity contribution >= 4 is 6.16 Å². The molecule has 0 heterocycles. The fourth-order valence-corrected chi connectivity index (χ4v) is 1.76. The number of carbonyl (C=O) groups is 1. The highest BCUT2D eigenvalue weighted by atomic mass is 16.7. The van der Waals surface area contributed by atoms with Gasteiger partial charge in [-0.25, -0.2) is 4.79 Å². The highest BCUT2D eigenvalue weighted by molar-refractivity contribution is 5.56. The van der Waals surface area contributed by atoms with Gasteiger partial charge in [0.15, 0.2) is 0 Å². The molecule has 0 aliphatic carbocycles. The molecule has 1 N–H and O–H groups in total. The third-order valence-electron chi connectivity index (χ3n) is 2.90. The molecule has 2 atom stereocenters. The van der Waals surface area contributed by atoms with Crippen LogP contribution < -0.4 is 0 Å². The molecule has 0 bridgehead atoms. The zero-order valence-corrected chi connectivity index (χ0v) is 12.4. The molecule has 0 radical (unpaired) electrons. The van der Waals surface area contributed by atoms with E-state index in [1.807, 2.05) is 13.8 Å². The van der Waals surface area contributed by atoms with Crippen LogP contribution in [0.15, 0.2) is 0 Å². The molecule has 0 spiro atoms. The Balaban J connectivity index is 4.03. The lowest BCUT2D eigenvalue weighted by Crippen LogP contribution is -2.27. The summed E-state index contributed by atoms with van der Waals surface area (Å²) in [7, 11) is 0. The number of unbranched alkanes of at least 4 members (excludes halogenated alkanes) is 2. The molecular formula is C14H28O5. The standard InChI is InChI=1S/C14H28O5/c1-4-7-8-9-13(11-19-14(15)16)18-10-12(5-2)17-6-3/h12-13H,4-11H2,1-3H3,(H,15,16). The fourth-order valence-electron chi connectivity index (χ4n) is 1.76. The van der Waals surface area contributed by atoms with E-state index in [1.165, 1.54) is 0 Å². The van der Waals surface area contributed by atoms with Gasteiger partial charge >= 0.3 is 6.16 Å². The van der Waals surface area contributed by atoms with Gasteiger partial charge < -0.3 is 19.3 Å². The Kier molecular flexibility index (Phi) is 11.7. The third-order valence-corrected chi connectivity index (χ3v) is 2.90. The average molecular weight is 276 g/mol. The molecule has 0 aliphatic heterocycles. The molecule has 0 fully saturated rings. The topological polar surface area (TPSA) is 65.0 Å². The Morgan fingerprint density at radius 3 is 2.32 bits per heavy atom. The number of ether oxygens (including phenoxy) is 3. The highest BCUT2D eigenvalue weighted by Gasteiger charge is 2.15. The van der Waals surface area contributed by atoms with Crippen LogP contribution >= 0.6 is 0 Å². The van der Waals surface area contributed by atoms with Gasteiger partial charge in [0.1, 0.15) is 6.61 Å². The smallest absolute Gasteiger partial charge is 0.450 e. The molecule has 114 valence electrons. The SMILES string of the molecule is CCCCCC(COC(=O)O)OCC(CC)OCC. The second-order valence-corrected chi connectivity index (χ2v) is 4.51. The van der Waals surface area contributed by atoms with E-state index in [1.54, 1.807) is 0 Å². The van der Waals surface area contributed by atoms with Crippen LogP contribution in [0.25, 0.3) is 0 Å². The minimum Gasteiger partial charge on any atom is -0.450 e. The summed E-state index contributed by atoms with van der Waals surface area (Å²) in [5.41, 5.74) is 0. The average Bonchev–Trinajstić information content (AvgIpc) is 2.39. The Labute approximate surface area is 116 Å². The molecule has 2 unspecified atom stereocenters. The lowest BCUT2D eigenvalue weighted by Gasteiger charge is -2.21. The van der Waals surface area contributed by atoms with E-state index < -0.39 is 6.16 Å². The summed E-state index contributed by atoms with van der Waals surface area (Å²) in [5.74, 6) is 0. The van der Waals surface area contributed by atoms with Gasteiger partial charge in [-0.3, -0.25) is 0 Å². The first-order chi connectivity index (χ1) is 9.13. The Morgan fingerprint density at radius 2 is 1.79 bits per heavy atom. The van der Waals surface area contributed by atoms with Gasteiger partial charge in [-0.15, -0.1) is 0 Å². The minimum absolute atomic E-state index is 0.0727. The summed E-state index contributed by atoms with van der Waals surface area (Å²) in [5, 5.41) is 8.54. The van der Waals surface area contributed by atoms with Gasteiger partial charge in [0.25, 0.3) is 0 Å². The van der Waals surface area contributed by atoms with Crippen molar-refractivity contribution in [1.29, 1.82) is 0 Å². The van der Waals surface area contributed by atoms with Gasteiger partial charge in [-0.1, -0.05) is 33.1 Å². The predicted octanol–water partition coefficient (Wildman–Crippen LogP) is 3.46. The normalized spacial score (nSPS) is 14.1. The van der Waals surface area contributed by atoms with E-state index >= 15 is 0 Å². The molecule has 0 aromatic rings. The summed E-state index contributed by atoms with van der Waals surface area (Å²) in [4.78, 5) is 10.4. The second kappa shape index (κ2) is 12.2. The molecule has 0 aromatic heterocycles. The van der Waals surface area contributed by atoms with Crippen molar-refractivity contribution in [3.8, 4) is 0 Å². The largest absolute Gasteiger partial charge is 0.505 e. The number of hydrogen-bond donors (Lipinski definition) is 1. The van der Waals surface area contributed by atoms with Crippen LogP contribution in [-0.4, -0.2) is 43.3 Å². The van der Waals surface area contributed by atoms with Crippen molar-refractivity contribution in [2.75, 3.05) is 19.8 Å². The molecule has 0 saturated carbocycles. The van der Waals surface area contributed by atoms with Gasteiger partial charge in [0.05, 0.1) is 18.8 Å². The predicted molar refractivity (Wildman–Crippen MR) is 73.6 cm³/mol. The minimum atomic E-state index is -1.25. The molecule has 0 amide bonds. The Bertz CT molecular complexity index is 220. The monoisotopic (exact) mass is 276 g/mol. The van der Waals surface area contributed by atoms with Crippen molar-refractivity contribution in [2.45, 2.75) is 65.1 Å². The Morgan fingerprint density at radius 1 is 1.05 bits per heavy atom. The van der Waals surface area contributed by atoms with Crippen LogP contribution in [0.1, 0.15) is 52.9 Å². The number of carboxylic acid groups (broad SMARTS) is 1. The summed E-state index contributed by atoms with van der Waals surface area (Å²) in [6.07, 6.45) is 3.63. The first kappa shape index (κ1) is 18.2. The zero-order chi connectivity index (χ0) is 14.5. The maximum absolute atomic E-state index is 10.4. The molecular weight excluding hydrogens is 248 g/mol. The maximum Gasteiger partial charge on any atom is 0.505 e. The number of rotatable bonds is 12. The van der Waals surface area contributed by atoms with Crippen LogP contribution in [0.4, 0.5) is 4.79 Å². The quantitative estimate of drug-likeness (QED) is 0.437. The van der Waals surface area contributed by atoms with E-state index in [2.05, 4.69) is 11.7 Å². The first-order valence-corrected chi connectivity index (χ1v) is 7.22. The van der Waals surface area contributed by atoms with Crippen LogP contribution in [-0.2, 0) is 14.2 Å². The van der Waals surface area contributed by atoms with Crippen molar-refractivity contribution in [2.24, 2.45) is 0 Å². The summed E-state index contributed by atoms with van der Waals surface area (Å²) < 4.78 is 15.9. The molecule has 5 heteroatoms. The fraction of sp³-hybridized carbons (Fsp3) is 0.929. The molecule has 0 aromatic carbocycles. The van der Waals surface area contributed by atoms with Gasteiger partial charge in [0.2, 0.25) is 0 Å². The summed E-state index contributed by atoms with van der Waals surface area (Å²) in [6.45, 7) is 7.38. The van der Waals surface area contributed by atoms with Crippen molar-refractivity contribution in [3.63, 3.8) is 0 Å². The van der Waals surface area contributed by atoms with E-state index in [4.69, 9.17) is 14.6 Å². The van der Waals surface area contributed by atoms with E-state index in [0.29, 0.717) is 13.2 Å². The first-order valence-electron chi connectivity index (χ1n) is 7.22. The molecule has 0 aliphatic rings. The van der Waals surface area contributed by atoms with Crippen molar-refractivity contribution in [1.82, 2.24) is 0 Å². The Hall–Kier alpha value is -0.810. The second-order valence-electron chi connectivity index (χ2n) is 4.51. The van der Waals surface area contributed by atoms with Gasteiger partial charge in [-0.05, 0) is 19.8 Å². The summed E-state index contributed by atoms with van der Waals surface area (Å²) >= 11 is 0. The summed E-state index contributed by atoms with van der Waals surface area (Å²) in [6, 6.07) is 0. The lowest BCUT2D eigenvalue weighted by molar-refractivity contribution is -0.0644. The lowest BCUT2D eigenvalue weighted by atomic mass is 10.1. The highest BCUT2D eigenvalue weighted by Crippen LogP contribution is 2.10. The zero-order valence-electron chi connectivity index (χ0n) is 12.4. The number of hydrogen-bond acceptors (Lipinski definition) is 4. The van der Waals surface area contributed by atoms with Crippen molar-refractivity contribution < 1.29 is 24.1 Å². The molecule has 0 rings (SSSR count). The van der Waals surface area contributed by atoms with Crippen LogP contribution in [0, 0.1) is 0 Å². The molecule has 0 saturated heterocycles. The van der Waals surface area contributed by atoms with Crippen LogP contribution in [0.2, 0.25) is 0 Å². The van der Waals surface area contributed by atoms with Gasteiger partial charge in [-0.2, -0.15) is 0 Å². The van der Waals surface area contributed by atoms with Gasteiger partial charge in [0, 0.05) is 6.61 Å². The van der Waals surface area contributed by atoms with E-state index in [9.17, 15) is 4.79 Å². The third kappa shape index (κ3) is 10.8. The molecule has 19 heavy (non-hydrogen) atoms. The maximum atomic E-state index is 10.4. The van der Waals surface area contributed by atoms with Crippen LogP contribution in [0.5, 0.6) is 0 Å². The molecule has 5 nitrogen and oxygen atoms in total. The van der Waals surface area contributed by atoms with E-state index in [-0.39, 0.29) is 18.8 Å². The van der Waals surface area contributed by atoms with E-state index in [0.717, 1.165) is 32.1 Å².